The van der Waals surface area contributed by atoms with Gasteiger partial charge in [-0.05, 0) is 50.1 Å². The van der Waals surface area contributed by atoms with Crippen LogP contribution in [0.2, 0.25) is 0 Å². The van der Waals surface area contributed by atoms with Gasteiger partial charge >= 0.3 is 0 Å². The van der Waals surface area contributed by atoms with Crippen LogP contribution in [0.15, 0.2) is 22.7 Å². The highest BCUT2D eigenvalue weighted by Crippen LogP contribution is 2.20. The lowest BCUT2D eigenvalue weighted by Gasteiger charge is -2.18. The number of fused-ring (bicyclic) bond motifs is 1. The summed E-state index contributed by atoms with van der Waals surface area (Å²) in [7, 11) is 0. The lowest BCUT2D eigenvalue weighted by Crippen LogP contribution is -2.23. The highest BCUT2D eigenvalue weighted by atomic mass is 16.5. The molecule has 0 aliphatic carbocycles. The fourth-order valence-electron chi connectivity index (χ4n) is 2.56. The van der Waals surface area contributed by atoms with Gasteiger partial charge in [0.1, 0.15) is 11.3 Å². The zero-order chi connectivity index (χ0) is 14.1. The van der Waals surface area contributed by atoms with Crippen molar-refractivity contribution in [3.8, 4) is 0 Å². The molecule has 1 aliphatic heterocycles. The maximum Gasteiger partial charge on any atom is 0.261 e. The number of rotatable bonds is 2. The first kappa shape index (κ1) is 12.9. The van der Waals surface area contributed by atoms with E-state index in [0.717, 1.165) is 25.2 Å². The van der Waals surface area contributed by atoms with Gasteiger partial charge in [0.25, 0.3) is 5.91 Å². The molecule has 0 saturated carbocycles. The summed E-state index contributed by atoms with van der Waals surface area (Å²) in [5.74, 6) is 0.365. The van der Waals surface area contributed by atoms with Crippen molar-refractivity contribution in [2.75, 3.05) is 11.9 Å². The van der Waals surface area contributed by atoms with Gasteiger partial charge in [-0.2, -0.15) is 0 Å². The number of nitrogens with one attached hydrogen (secondary N) is 2. The van der Waals surface area contributed by atoms with Crippen LogP contribution in [0.25, 0.3) is 0 Å². The second kappa shape index (κ2) is 5.09. The van der Waals surface area contributed by atoms with Gasteiger partial charge < -0.3 is 15.2 Å². The van der Waals surface area contributed by atoms with Crippen LogP contribution in [0.4, 0.5) is 5.69 Å². The van der Waals surface area contributed by atoms with Crippen LogP contribution in [-0.4, -0.2) is 17.6 Å². The molecule has 0 saturated heterocycles. The van der Waals surface area contributed by atoms with Gasteiger partial charge in [-0.15, -0.1) is 0 Å². The minimum Gasteiger partial charge on any atom is -0.361 e. The molecule has 2 N–H and O–H groups in total. The Hall–Kier alpha value is -2.14. The Labute approximate surface area is 117 Å². The van der Waals surface area contributed by atoms with Crippen LogP contribution in [-0.2, 0) is 13.0 Å². The highest BCUT2D eigenvalue weighted by molar-refractivity contribution is 6.05. The molecular formula is C15H17N3O2. The van der Waals surface area contributed by atoms with Gasteiger partial charge in [0.05, 0.1) is 5.69 Å². The highest BCUT2D eigenvalue weighted by Gasteiger charge is 2.18. The lowest BCUT2D eigenvalue weighted by atomic mass is 10.0. The number of carbonyl (C=O) groups excluding carboxylic acids is 1. The summed E-state index contributed by atoms with van der Waals surface area (Å²) in [5, 5.41) is 10.0. The molecule has 0 spiro atoms. The van der Waals surface area contributed by atoms with E-state index in [-0.39, 0.29) is 5.91 Å². The van der Waals surface area contributed by atoms with E-state index in [9.17, 15) is 4.79 Å². The van der Waals surface area contributed by atoms with E-state index < -0.39 is 0 Å². The smallest absolute Gasteiger partial charge is 0.261 e. The standard InChI is InChI=1S/C15H17N3O2/c1-9-14(10(2)20-18-9)15(19)17-13-4-3-11-5-6-16-8-12(11)7-13/h3-4,7,16H,5-6,8H2,1-2H3,(H,17,19). The molecule has 5 heteroatoms. The molecule has 2 heterocycles. The Morgan fingerprint density at radius 2 is 2.20 bits per heavy atom. The molecule has 3 rings (SSSR count). The minimum absolute atomic E-state index is 0.176. The summed E-state index contributed by atoms with van der Waals surface area (Å²) >= 11 is 0. The van der Waals surface area contributed by atoms with Crippen LogP contribution in [0.5, 0.6) is 0 Å². The lowest BCUT2D eigenvalue weighted by molar-refractivity contribution is 0.102. The molecule has 0 radical (unpaired) electrons. The first-order chi connectivity index (χ1) is 9.65. The molecule has 0 bridgehead atoms. The normalized spacial score (nSPS) is 13.9. The Bertz CT molecular complexity index is 642. The quantitative estimate of drug-likeness (QED) is 0.878. The molecule has 1 aromatic heterocycles. The molecule has 104 valence electrons. The number of hydrogen-bond acceptors (Lipinski definition) is 4. The van der Waals surface area contributed by atoms with E-state index in [1.165, 1.54) is 11.1 Å². The second-order valence-electron chi connectivity index (χ2n) is 5.06. The van der Waals surface area contributed by atoms with Crippen molar-refractivity contribution in [1.82, 2.24) is 10.5 Å². The molecule has 1 aromatic carbocycles. The zero-order valence-corrected chi connectivity index (χ0v) is 11.6. The van der Waals surface area contributed by atoms with Crippen molar-refractivity contribution in [2.45, 2.75) is 26.8 Å². The summed E-state index contributed by atoms with van der Waals surface area (Å²) in [4.78, 5) is 12.3. The van der Waals surface area contributed by atoms with Crippen LogP contribution < -0.4 is 10.6 Å². The molecule has 0 atom stereocenters. The predicted molar refractivity (Wildman–Crippen MR) is 75.8 cm³/mol. The molecule has 1 aliphatic rings. The Morgan fingerprint density at radius 1 is 1.35 bits per heavy atom. The van der Waals surface area contributed by atoms with Crippen molar-refractivity contribution < 1.29 is 9.32 Å². The van der Waals surface area contributed by atoms with Gasteiger partial charge in [-0.3, -0.25) is 4.79 Å². The minimum atomic E-state index is -0.176. The van der Waals surface area contributed by atoms with Gasteiger partial charge in [-0.1, -0.05) is 11.2 Å². The topological polar surface area (TPSA) is 67.2 Å². The van der Waals surface area contributed by atoms with Gasteiger partial charge in [-0.25, -0.2) is 0 Å². The number of carbonyl (C=O) groups is 1. The van der Waals surface area contributed by atoms with E-state index in [1.54, 1.807) is 13.8 Å². The van der Waals surface area contributed by atoms with Crippen LogP contribution in [0.3, 0.4) is 0 Å². The number of benzene rings is 1. The van der Waals surface area contributed by atoms with E-state index in [0.29, 0.717) is 17.0 Å². The molecule has 1 amide bonds. The molecular weight excluding hydrogens is 254 g/mol. The molecule has 0 unspecified atom stereocenters. The van der Waals surface area contributed by atoms with Gasteiger partial charge in [0.15, 0.2) is 0 Å². The van der Waals surface area contributed by atoms with E-state index >= 15 is 0 Å². The maximum absolute atomic E-state index is 12.3. The summed E-state index contributed by atoms with van der Waals surface area (Å²) < 4.78 is 5.02. The summed E-state index contributed by atoms with van der Waals surface area (Å²) in [6, 6.07) is 6.05. The number of hydrogen-bond donors (Lipinski definition) is 2. The Morgan fingerprint density at radius 3 is 2.95 bits per heavy atom. The molecule has 2 aromatic rings. The predicted octanol–water partition coefficient (Wildman–Crippen LogP) is 2.19. The van der Waals surface area contributed by atoms with Crippen molar-refractivity contribution in [3.05, 3.63) is 46.3 Å². The summed E-state index contributed by atoms with van der Waals surface area (Å²) in [5.41, 5.74) is 4.52. The number of aromatic nitrogens is 1. The number of nitrogens with zero attached hydrogens (tertiary/aromatic N) is 1. The fraction of sp³-hybridized carbons (Fsp3) is 0.333. The third-order valence-electron chi connectivity index (χ3n) is 3.61. The number of anilines is 1. The second-order valence-corrected chi connectivity index (χ2v) is 5.06. The van der Waals surface area contributed by atoms with E-state index in [4.69, 9.17) is 4.52 Å². The number of aryl methyl sites for hydroxylation is 2. The van der Waals surface area contributed by atoms with Crippen LogP contribution >= 0.6 is 0 Å². The van der Waals surface area contributed by atoms with E-state index in [1.807, 2.05) is 12.1 Å². The summed E-state index contributed by atoms with van der Waals surface area (Å²) in [6.07, 6.45) is 1.04. The van der Waals surface area contributed by atoms with Gasteiger partial charge in [0.2, 0.25) is 0 Å². The average Bonchev–Trinajstić information content (AvgIpc) is 2.78. The monoisotopic (exact) mass is 271 g/mol. The maximum atomic E-state index is 12.3. The summed E-state index contributed by atoms with van der Waals surface area (Å²) in [6.45, 7) is 5.37. The third-order valence-corrected chi connectivity index (χ3v) is 3.61. The molecule has 5 nitrogen and oxygen atoms in total. The first-order valence-electron chi connectivity index (χ1n) is 6.72. The Kier molecular flexibility index (Phi) is 3.28. The van der Waals surface area contributed by atoms with Crippen molar-refractivity contribution >= 4 is 11.6 Å². The third kappa shape index (κ3) is 2.32. The number of amides is 1. The Balaban J connectivity index is 1.83. The first-order valence-corrected chi connectivity index (χ1v) is 6.72. The fourth-order valence-corrected chi connectivity index (χ4v) is 2.56. The SMILES string of the molecule is Cc1noc(C)c1C(=O)Nc1ccc2c(c1)CNCC2. The van der Waals surface area contributed by atoms with Crippen molar-refractivity contribution in [3.63, 3.8) is 0 Å². The zero-order valence-electron chi connectivity index (χ0n) is 11.6. The van der Waals surface area contributed by atoms with Crippen molar-refractivity contribution in [2.24, 2.45) is 0 Å². The molecule has 20 heavy (non-hydrogen) atoms. The van der Waals surface area contributed by atoms with Crippen LogP contribution in [0, 0.1) is 13.8 Å². The molecule has 0 fully saturated rings. The average molecular weight is 271 g/mol. The van der Waals surface area contributed by atoms with Crippen LogP contribution in [0.1, 0.15) is 32.9 Å². The largest absolute Gasteiger partial charge is 0.361 e. The van der Waals surface area contributed by atoms with E-state index in [2.05, 4.69) is 21.9 Å². The van der Waals surface area contributed by atoms with Crippen molar-refractivity contribution in [1.29, 1.82) is 0 Å². The van der Waals surface area contributed by atoms with Gasteiger partial charge in [0, 0.05) is 12.2 Å².